The first-order valence-corrected chi connectivity index (χ1v) is 8.18. The lowest BCUT2D eigenvalue weighted by Crippen LogP contribution is -2.47. The third-order valence-electron chi connectivity index (χ3n) is 4.33. The summed E-state index contributed by atoms with van der Waals surface area (Å²) >= 11 is 0. The van der Waals surface area contributed by atoms with Gasteiger partial charge in [-0.2, -0.15) is 0 Å². The molecule has 26 heavy (non-hydrogen) atoms. The van der Waals surface area contributed by atoms with Gasteiger partial charge in [-0.15, -0.1) is 0 Å². The monoisotopic (exact) mass is 358 g/mol. The van der Waals surface area contributed by atoms with Crippen LogP contribution in [0.4, 0.5) is 11.4 Å². The van der Waals surface area contributed by atoms with Crippen LogP contribution in [0.15, 0.2) is 47.1 Å². The van der Waals surface area contributed by atoms with Gasteiger partial charge in [-0.25, -0.2) is 0 Å². The predicted octanol–water partition coefficient (Wildman–Crippen LogP) is 1.87. The summed E-state index contributed by atoms with van der Waals surface area (Å²) in [5.41, 5.74) is 5.33. The molecular formula is C17H18N4O5. The van der Waals surface area contributed by atoms with Gasteiger partial charge in [0.25, 0.3) is 5.69 Å². The molecule has 1 aliphatic heterocycles. The number of amides is 2. The van der Waals surface area contributed by atoms with E-state index >= 15 is 0 Å². The fraction of sp³-hybridized carbons (Fsp3) is 0.294. The van der Waals surface area contributed by atoms with E-state index in [1.54, 1.807) is 24.3 Å². The zero-order valence-corrected chi connectivity index (χ0v) is 13.9. The van der Waals surface area contributed by atoms with Crippen LogP contribution in [0.2, 0.25) is 0 Å². The fourth-order valence-corrected chi connectivity index (χ4v) is 2.96. The highest BCUT2D eigenvalue weighted by atomic mass is 16.6. The molecule has 0 spiro atoms. The van der Waals surface area contributed by atoms with Gasteiger partial charge < -0.3 is 9.32 Å². The molecule has 1 aromatic heterocycles. The Hall–Kier alpha value is -3.36. The van der Waals surface area contributed by atoms with Gasteiger partial charge in [0.1, 0.15) is 5.69 Å². The molecule has 1 aromatic carbocycles. The van der Waals surface area contributed by atoms with Gasteiger partial charge in [-0.3, -0.25) is 30.6 Å². The number of carbonyl (C=O) groups is 2. The summed E-state index contributed by atoms with van der Waals surface area (Å²) in [6, 6.07) is 9.64. The van der Waals surface area contributed by atoms with Gasteiger partial charge in [-0.1, -0.05) is 12.1 Å². The van der Waals surface area contributed by atoms with Crippen LogP contribution in [0.25, 0.3) is 0 Å². The molecule has 136 valence electrons. The van der Waals surface area contributed by atoms with Crippen LogP contribution in [0.1, 0.15) is 23.4 Å². The first-order valence-electron chi connectivity index (χ1n) is 8.18. The van der Waals surface area contributed by atoms with Crippen LogP contribution in [0.3, 0.4) is 0 Å². The zero-order valence-electron chi connectivity index (χ0n) is 13.9. The lowest BCUT2D eigenvalue weighted by atomic mass is 9.95. The molecule has 3 rings (SSSR count). The Morgan fingerprint density at radius 1 is 1.12 bits per heavy atom. The Balaban J connectivity index is 1.53. The van der Waals surface area contributed by atoms with E-state index in [1.165, 1.54) is 18.4 Å². The van der Waals surface area contributed by atoms with Crippen LogP contribution in [-0.2, 0) is 4.79 Å². The van der Waals surface area contributed by atoms with E-state index in [0.29, 0.717) is 31.6 Å². The maximum atomic E-state index is 12.2. The molecule has 0 radical (unpaired) electrons. The summed E-state index contributed by atoms with van der Waals surface area (Å²) in [5.74, 6) is -0.977. The molecule has 1 fully saturated rings. The Labute approximate surface area is 149 Å². The largest absolute Gasteiger partial charge is 0.459 e. The van der Waals surface area contributed by atoms with E-state index in [-0.39, 0.29) is 23.3 Å². The maximum Gasteiger partial charge on any atom is 0.305 e. The topological polar surface area (TPSA) is 118 Å². The summed E-state index contributed by atoms with van der Waals surface area (Å²) in [4.78, 5) is 36.6. The number of nitrogens with one attached hydrogen (secondary N) is 2. The van der Waals surface area contributed by atoms with Gasteiger partial charge in [-0.05, 0) is 31.0 Å². The molecule has 9 nitrogen and oxygen atoms in total. The second-order valence-electron chi connectivity index (χ2n) is 5.93. The predicted molar refractivity (Wildman–Crippen MR) is 92.4 cm³/mol. The van der Waals surface area contributed by atoms with Gasteiger partial charge in [0.05, 0.1) is 11.2 Å². The lowest BCUT2D eigenvalue weighted by Gasteiger charge is -2.32. The SMILES string of the molecule is O=C(NNC(=O)C1CCN(c2ccccc2[N+](=O)[O-])CC1)c1ccco1. The maximum absolute atomic E-state index is 12.2. The number of para-hydroxylation sites is 2. The van der Waals surface area contributed by atoms with Crippen molar-refractivity contribution in [3.05, 3.63) is 58.5 Å². The summed E-state index contributed by atoms with van der Waals surface area (Å²) in [6.07, 6.45) is 2.44. The van der Waals surface area contributed by atoms with E-state index in [0.717, 1.165) is 0 Å². The number of nitrogens with zero attached hydrogens (tertiary/aromatic N) is 2. The highest BCUT2D eigenvalue weighted by Crippen LogP contribution is 2.31. The number of hydrazine groups is 1. The van der Waals surface area contributed by atoms with Crippen molar-refractivity contribution in [2.45, 2.75) is 12.8 Å². The zero-order chi connectivity index (χ0) is 18.5. The minimum Gasteiger partial charge on any atom is -0.459 e. The van der Waals surface area contributed by atoms with Crippen LogP contribution in [-0.4, -0.2) is 29.8 Å². The Morgan fingerprint density at radius 2 is 1.85 bits per heavy atom. The lowest BCUT2D eigenvalue weighted by molar-refractivity contribution is -0.384. The van der Waals surface area contributed by atoms with Crippen LogP contribution in [0.5, 0.6) is 0 Å². The molecule has 0 saturated carbocycles. The summed E-state index contributed by atoms with van der Waals surface area (Å²) < 4.78 is 4.94. The van der Waals surface area contributed by atoms with Gasteiger partial charge in [0, 0.05) is 25.1 Å². The normalized spacial score (nSPS) is 14.7. The molecular weight excluding hydrogens is 340 g/mol. The van der Waals surface area contributed by atoms with E-state index in [1.807, 2.05) is 4.90 Å². The molecule has 2 amide bonds. The molecule has 0 unspecified atom stereocenters. The molecule has 0 bridgehead atoms. The number of carbonyl (C=O) groups excluding carboxylic acids is 2. The Kier molecular flexibility index (Phi) is 5.16. The van der Waals surface area contributed by atoms with E-state index in [9.17, 15) is 19.7 Å². The van der Waals surface area contributed by atoms with Crippen molar-refractivity contribution in [3.8, 4) is 0 Å². The average molecular weight is 358 g/mol. The number of benzene rings is 1. The first kappa shape index (κ1) is 17.5. The van der Waals surface area contributed by atoms with E-state index in [4.69, 9.17) is 4.42 Å². The summed E-state index contributed by atoms with van der Waals surface area (Å²) in [5, 5.41) is 11.2. The highest BCUT2D eigenvalue weighted by Gasteiger charge is 2.28. The van der Waals surface area contributed by atoms with Crippen LogP contribution >= 0.6 is 0 Å². The summed E-state index contributed by atoms with van der Waals surface area (Å²) in [6.45, 7) is 1.05. The third-order valence-corrected chi connectivity index (χ3v) is 4.33. The van der Waals surface area contributed by atoms with E-state index in [2.05, 4.69) is 10.9 Å². The van der Waals surface area contributed by atoms with Crippen molar-refractivity contribution in [3.63, 3.8) is 0 Å². The van der Waals surface area contributed by atoms with Crippen LogP contribution < -0.4 is 15.8 Å². The quantitative estimate of drug-likeness (QED) is 0.636. The second-order valence-corrected chi connectivity index (χ2v) is 5.93. The average Bonchev–Trinajstić information content (AvgIpc) is 3.21. The van der Waals surface area contributed by atoms with Gasteiger partial charge in [0.2, 0.25) is 5.91 Å². The number of nitro groups is 1. The number of hydrogen-bond donors (Lipinski definition) is 2. The molecule has 0 atom stereocenters. The molecule has 2 heterocycles. The fourth-order valence-electron chi connectivity index (χ4n) is 2.96. The minimum absolute atomic E-state index is 0.0566. The molecule has 1 saturated heterocycles. The number of piperidine rings is 1. The Morgan fingerprint density at radius 3 is 2.50 bits per heavy atom. The molecule has 0 aliphatic carbocycles. The van der Waals surface area contributed by atoms with Crippen molar-refractivity contribution >= 4 is 23.2 Å². The van der Waals surface area contributed by atoms with Crippen molar-refractivity contribution < 1.29 is 18.9 Å². The van der Waals surface area contributed by atoms with Crippen molar-refractivity contribution in [2.75, 3.05) is 18.0 Å². The summed E-state index contributed by atoms with van der Waals surface area (Å²) in [7, 11) is 0. The smallest absolute Gasteiger partial charge is 0.305 e. The van der Waals surface area contributed by atoms with Crippen LogP contribution in [0, 0.1) is 16.0 Å². The van der Waals surface area contributed by atoms with Gasteiger partial charge >= 0.3 is 5.91 Å². The third kappa shape index (κ3) is 3.82. The number of furan rings is 1. The van der Waals surface area contributed by atoms with Crippen molar-refractivity contribution in [1.82, 2.24) is 10.9 Å². The number of hydrogen-bond acceptors (Lipinski definition) is 6. The second kappa shape index (κ2) is 7.68. The number of nitro benzene ring substituents is 1. The molecule has 9 heteroatoms. The molecule has 2 N–H and O–H groups in total. The first-order chi connectivity index (χ1) is 12.6. The van der Waals surface area contributed by atoms with E-state index < -0.39 is 10.8 Å². The van der Waals surface area contributed by atoms with Crippen molar-refractivity contribution in [2.24, 2.45) is 5.92 Å². The minimum atomic E-state index is -0.527. The number of anilines is 1. The van der Waals surface area contributed by atoms with Gasteiger partial charge in [0.15, 0.2) is 5.76 Å². The standard InChI is InChI=1S/C17H18N4O5/c22-16(18-19-17(23)15-6-3-11-26-15)12-7-9-20(10-8-12)13-4-1-2-5-14(13)21(24)25/h1-6,11-12H,7-10H2,(H,18,22)(H,19,23). The Bertz CT molecular complexity index is 797. The molecule has 1 aliphatic rings. The molecule has 2 aromatic rings. The number of rotatable bonds is 4. The highest BCUT2D eigenvalue weighted by molar-refractivity contribution is 5.93. The van der Waals surface area contributed by atoms with Crippen molar-refractivity contribution in [1.29, 1.82) is 0 Å².